The fraction of sp³-hybridized carbons (Fsp3) is 0.200. The number of nitrogens with zero attached hydrogens (tertiary/aromatic N) is 2. The molecule has 0 aromatic carbocycles. The Morgan fingerprint density at radius 2 is 2.15 bits per heavy atom. The van der Waals surface area contributed by atoms with Crippen molar-refractivity contribution in [2.24, 2.45) is 5.92 Å². The van der Waals surface area contributed by atoms with E-state index < -0.39 is 0 Å². The molecule has 1 amide bonds. The lowest BCUT2D eigenvalue weighted by Gasteiger charge is -2.08. The van der Waals surface area contributed by atoms with E-state index in [0.717, 1.165) is 5.65 Å². The molecule has 0 atom stereocenters. The van der Waals surface area contributed by atoms with Gasteiger partial charge in [0, 0.05) is 12.1 Å². The molecule has 5 heteroatoms. The van der Waals surface area contributed by atoms with Crippen molar-refractivity contribution in [2.45, 2.75) is 13.8 Å². The molecule has 3 aromatic heterocycles. The van der Waals surface area contributed by atoms with Gasteiger partial charge in [-0.15, -0.1) is 0 Å². The summed E-state index contributed by atoms with van der Waals surface area (Å²) in [6.45, 7) is 3.70. The van der Waals surface area contributed by atoms with Crippen LogP contribution in [0.15, 0.2) is 47.2 Å². The number of hydrogen-bond acceptors (Lipinski definition) is 3. The highest BCUT2D eigenvalue weighted by molar-refractivity contribution is 5.95. The second kappa shape index (κ2) is 4.85. The average Bonchev–Trinajstić information content (AvgIpc) is 3.06. The SMILES string of the molecule is CC(C)C(=O)Nc1c(-c2ccco2)nc2ccccn12. The van der Waals surface area contributed by atoms with Gasteiger partial charge in [0.15, 0.2) is 5.76 Å². The summed E-state index contributed by atoms with van der Waals surface area (Å²) >= 11 is 0. The maximum Gasteiger partial charge on any atom is 0.228 e. The van der Waals surface area contributed by atoms with Crippen molar-refractivity contribution in [1.82, 2.24) is 9.38 Å². The van der Waals surface area contributed by atoms with Crippen LogP contribution in [0.25, 0.3) is 17.1 Å². The molecule has 0 saturated carbocycles. The number of carbonyl (C=O) groups excluding carboxylic acids is 1. The van der Waals surface area contributed by atoms with Gasteiger partial charge in [-0.05, 0) is 24.3 Å². The van der Waals surface area contributed by atoms with Crippen LogP contribution in [0.2, 0.25) is 0 Å². The summed E-state index contributed by atoms with van der Waals surface area (Å²) in [4.78, 5) is 16.5. The third-order valence-corrected chi connectivity index (χ3v) is 3.05. The summed E-state index contributed by atoms with van der Waals surface area (Å²) in [6, 6.07) is 9.31. The molecule has 5 nitrogen and oxygen atoms in total. The van der Waals surface area contributed by atoms with Gasteiger partial charge < -0.3 is 9.73 Å². The highest BCUT2D eigenvalue weighted by Crippen LogP contribution is 2.29. The van der Waals surface area contributed by atoms with Crippen LogP contribution in [0.5, 0.6) is 0 Å². The molecule has 3 rings (SSSR count). The Bertz CT molecular complexity index is 742. The zero-order chi connectivity index (χ0) is 14.1. The number of nitrogens with one attached hydrogen (secondary N) is 1. The molecule has 1 N–H and O–H groups in total. The zero-order valence-corrected chi connectivity index (χ0v) is 11.3. The van der Waals surface area contributed by atoms with Crippen molar-refractivity contribution in [3.8, 4) is 11.5 Å². The maximum atomic E-state index is 12.0. The van der Waals surface area contributed by atoms with E-state index in [1.54, 1.807) is 12.3 Å². The molecule has 0 aliphatic rings. The number of carbonyl (C=O) groups is 1. The minimum absolute atomic E-state index is 0.0524. The van der Waals surface area contributed by atoms with E-state index in [0.29, 0.717) is 17.3 Å². The van der Waals surface area contributed by atoms with Gasteiger partial charge in [-0.3, -0.25) is 9.20 Å². The molecule has 102 valence electrons. The summed E-state index contributed by atoms with van der Waals surface area (Å²) in [5, 5.41) is 2.92. The van der Waals surface area contributed by atoms with Gasteiger partial charge in [-0.25, -0.2) is 4.98 Å². The molecule has 0 spiro atoms. The number of furan rings is 1. The van der Waals surface area contributed by atoms with Crippen LogP contribution in [0.3, 0.4) is 0 Å². The van der Waals surface area contributed by atoms with Crippen LogP contribution in [0.4, 0.5) is 5.82 Å². The summed E-state index contributed by atoms with van der Waals surface area (Å²) in [6.07, 6.45) is 3.46. The molecule has 0 fully saturated rings. The van der Waals surface area contributed by atoms with Gasteiger partial charge in [0.1, 0.15) is 17.2 Å². The summed E-state index contributed by atoms with van der Waals surface area (Å²) in [5.74, 6) is 1.11. The van der Waals surface area contributed by atoms with Crippen molar-refractivity contribution in [2.75, 3.05) is 5.32 Å². The van der Waals surface area contributed by atoms with Gasteiger partial charge in [-0.1, -0.05) is 19.9 Å². The number of aromatic nitrogens is 2. The Morgan fingerprint density at radius 1 is 1.30 bits per heavy atom. The molecule has 3 heterocycles. The second-order valence-corrected chi connectivity index (χ2v) is 4.86. The largest absolute Gasteiger partial charge is 0.463 e. The molecular weight excluding hydrogens is 254 g/mol. The fourth-order valence-corrected chi connectivity index (χ4v) is 1.96. The number of fused-ring (bicyclic) bond motifs is 1. The van der Waals surface area contributed by atoms with Gasteiger partial charge in [0.05, 0.1) is 6.26 Å². The predicted molar refractivity (Wildman–Crippen MR) is 76.4 cm³/mol. The van der Waals surface area contributed by atoms with Crippen molar-refractivity contribution in [1.29, 1.82) is 0 Å². The van der Waals surface area contributed by atoms with Crippen molar-refractivity contribution in [3.05, 3.63) is 42.8 Å². The van der Waals surface area contributed by atoms with Gasteiger partial charge in [0.2, 0.25) is 5.91 Å². The fourth-order valence-electron chi connectivity index (χ4n) is 1.96. The zero-order valence-electron chi connectivity index (χ0n) is 11.3. The Hall–Kier alpha value is -2.56. The van der Waals surface area contributed by atoms with E-state index in [4.69, 9.17) is 4.42 Å². The third-order valence-electron chi connectivity index (χ3n) is 3.05. The van der Waals surface area contributed by atoms with Gasteiger partial charge in [-0.2, -0.15) is 0 Å². The molecule has 0 aliphatic carbocycles. The first-order valence-corrected chi connectivity index (χ1v) is 6.48. The molecule has 0 aliphatic heterocycles. The van der Waals surface area contributed by atoms with E-state index in [2.05, 4.69) is 10.3 Å². The van der Waals surface area contributed by atoms with E-state index in [1.165, 1.54) is 0 Å². The molecule has 0 radical (unpaired) electrons. The first-order valence-electron chi connectivity index (χ1n) is 6.48. The second-order valence-electron chi connectivity index (χ2n) is 4.86. The van der Waals surface area contributed by atoms with E-state index >= 15 is 0 Å². The van der Waals surface area contributed by atoms with Gasteiger partial charge >= 0.3 is 0 Å². The Morgan fingerprint density at radius 3 is 2.85 bits per heavy atom. The first-order chi connectivity index (χ1) is 9.66. The molecule has 0 bridgehead atoms. The highest BCUT2D eigenvalue weighted by Gasteiger charge is 2.19. The summed E-state index contributed by atoms with van der Waals surface area (Å²) < 4.78 is 7.25. The lowest BCUT2D eigenvalue weighted by atomic mass is 10.2. The highest BCUT2D eigenvalue weighted by atomic mass is 16.3. The predicted octanol–water partition coefficient (Wildman–Crippen LogP) is 3.19. The van der Waals surface area contributed by atoms with E-state index in [1.807, 2.05) is 48.7 Å². The van der Waals surface area contributed by atoms with E-state index in [9.17, 15) is 4.79 Å². The number of imidazole rings is 1. The standard InChI is InChI=1S/C15H15N3O2/c1-10(2)15(19)17-14-13(11-6-5-9-20-11)16-12-7-3-4-8-18(12)14/h3-10H,1-2H3,(H,17,19). The lowest BCUT2D eigenvalue weighted by molar-refractivity contribution is -0.118. The minimum atomic E-state index is -0.103. The van der Waals surface area contributed by atoms with Crippen LogP contribution < -0.4 is 5.32 Å². The number of hydrogen-bond donors (Lipinski definition) is 1. The Balaban J connectivity index is 2.16. The van der Waals surface area contributed by atoms with Crippen LogP contribution in [0, 0.1) is 5.92 Å². The minimum Gasteiger partial charge on any atom is -0.463 e. The smallest absolute Gasteiger partial charge is 0.228 e. The Labute approximate surface area is 116 Å². The number of amides is 1. The summed E-state index contributed by atoms with van der Waals surface area (Å²) in [7, 11) is 0. The normalized spacial score (nSPS) is 11.2. The topological polar surface area (TPSA) is 59.5 Å². The summed E-state index contributed by atoms with van der Waals surface area (Å²) in [5.41, 5.74) is 1.40. The monoisotopic (exact) mass is 269 g/mol. The lowest BCUT2D eigenvalue weighted by Crippen LogP contribution is -2.19. The molecule has 0 unspecified atom stereocenters. The number of pyridine rings is 1. The van der Waals surface area contributed by atoms with Crippen LogP contribution in [-0.4, -0.2) is 15.3 Å². The molecular formula is C15H15N3O2. The van der Waals surface area contributed by atoms with Crippen LogP contribution in [-0.2, 0) is 4.79 Å². The third kappa shape index (κ3) is 2.07. The van der Waals surface area contributed by atoms with E-state index in [-0.39, 0.29) is 11.8 Å². The van der Waals surface area contributed by atoms with Crippen LogP contribution in [0.1, 0.15) is 13.8 Å². The average molecular weight is 269 g/mol. The molecule has 0 saturated heterocycles. The number of anilines is 1. The maximum absolute atomic E-state index is 12.0. The van der Waals surface area contributed by atoms with Crippen LogP contribution >= 0.6 is 0 Å². The number of rotatable bonds is 3. The Kier molecular flexibility index (Phi) is 3.02. The molecule has 3 aromatic rings. The van der Waals surface area contributed by atoms with Gasteiger partial charge in [0.25, 0.3) is 0 Å². The van der Waals surface area contributed by atoms with Crippen molar-refractivity contribution in [3.63, 3.8) is 0 Å². The quantitative estimate of drug-likeness (QED) is 0.794. The van der Waals surface area contributed by atoms with Crippen molar-refractivity contribution >= 4 is 17.4 Å². The molecule has 20 heavy (non-hydrogen) atoms. The van der Waals surface area contributed by atoms with Crippen molar-refractivity contribution < 1.29 is 9.21 Å². The first kappa shape index (κ1) is 12.5.